The van der Waals surface area contributed by atoms with Crippen molar-refractivity contribution in [2.75, 3.05) is 18.5 Å². The van der Waals surface area contributed by atoms with E-state index in [0.29, 0.717) is 16.9 Å². The molecule has 0 amide bonds. The molecule has 1 heterocycles. The number of benzene rings is 2. The zero-order chi connectivity index (χ0) is 23.4. The van der Waals surface area contributed by atoms with Crippen molar-refractivity contribution < 1.29 is 31.8 Å². The van der Waals surface area contributed by atoms with Crippen LogP contribution in [-0.2, 0) is 16.2 Å². The standard InChI is InChI=1S/C20H19F3N4O4S/c21-20(22,23)14-3-1-13(2-4-14)18-9-10-24-19(26-18)25-15-5-7-17(8-6-15)32(30,31)27-16(11-28)12-29/h1-10,16,27-29H,11-12H2,(H,24,25,26). The number of halogens is 3. The summed E-state index contributed by atoms with van der Waals surface area (Å²) in [7, 11) is -3.94. The minimum absolute atomic E-state index is 0.0747. The molecular formula is C20H19F3N4O4S. The third-order valence-corrected chi connectivity index (χ3v) is 5.88. The van der Waals surface area contributed by atoms with Crippen LogP contribution in [-0.4, -0.2) is 47.9 Å². The van der Waals surface area contributed by atoms with Crippen LogP contribution in [0.2, 0.25) is 0 Å². The molecule has 170 valence electrons. The average Bonchev–Trinajstić information content (AvgIpc) is 2.77. The predicted octanol–water partition coefficient (Wildman–Crippen LogP) is 2.54. The van der Waals surface area contributed by atoms with Gasteiger partial charge in [0.15, 0.2) is 0 Å². The van der Waals surface area contributed by atoms with Crippen molar-refractivity contribution in [3.05, 3.63) is 66.4 Å². The highest BCUT2D eigenvalue weighted by atomic mass is 32.2. The molecule has 0 atom stereocenters. The van der Waals surface area contributed by atoms with E-state index in [-0.39, 0.29) is 10.8 Å². The average molecular weight is 468 g/mol. The smallest absolute Gasteiger partial charge is 0.395 e. The van der Waals surface area contributed by atoms with Gasteiger partial charge in [0.05, 0.1) is 35.4 Å². The van der Waals surface area contributed by atoms with Crippen molar-refractivity contribution in [1.82, 2.24) is 14.7 Å². The minimum atomic E-state index is -4.43. The van der Waals surface area contributed by atoms with Crippen LogP contribution in [0, 0.1) is 0 Å². The maximum absolute atomic E-state index is 12.7. The number of anilines is 2. The van der Waals surface area contributed by atoms with Crippen LogP contribution < -0.4 is 10.0 Å². The molecule has 0 saturated heterocycles. The number of nitrogens with one attached hydrogen (secondary N) is 2. The van der Waals surface area contributed by atoms with Crippen molar-refractivity contribution in [3.8, 4) is 11.3 Å². The number of rotatable bonds is 8. The highest BCUT2D eigenvalue weighted by Crippen LogP contribution is 2.30. The largest absolute Gasteiger partial charge is 0.416 e. The molecule has 0 bridgehead atoms. The van der Waals surface area contributed by atoms with Crippen molar-refractivity contribution in [2.45, 2.75) is 17.1 Å². The molecule has 0 aliphatic carbocycles. The van der Waals surface area contributed by atoms with E-state index >= 15 is 0 Å². The highest BCUT2D eigenvalue weighted by Gasteiger charge is 2.30. The number of hydrogen-bond acceptors (Lipinski definition) is 7. The number of aliphatic hydroxyl groups is 2. The Morgan fingerprint density at radius 1 is 0.938 bits per heavy atom. The second-order valence-corrected chi connectivity index (χ2v) is 8.39. The lowest BCUT2D eigenvalue weighted by molar-refractivity contribution is -0.137. The van der Waals surface area contributed by atoms with Gasteiger partial charge in [-0.15, -0.1) is 0 Å². The predicted molar refractivity (Wildman–Crippen MR) is 110 cm³/mol. The number of sulfonamides is 1. The lowest BCUT2D eigenvalue weighted by atomic mass is 10.1. The van der Waals surface area contributed by atoms with Crippen LogP contribution in [0.5, 0.6) is 0 Å². The van der Waals surface area contributed by atoms with Gasteiger partial charge < -0.3 is 15.5 Å². The summed E-state index contributed by atoms with van der Waals surface area (Å²) in [6, 6.07) is 10.7. The molecule has 0 saturated carbocycles. The molecule has 32 heavy (non-hydrogen) atoms. The molecule has 0 radical (unpaired) electrons. The Labute approximate surface area is 181 Å². The Morgan fingerprint density at radius 3 is 2.12 bits per heavy atom. The summed E-state index contributed by atoms with van der Waals surface area (Å²) < 4.78 is 64.9. The van der Waals surface area contributed by atoms with Gasteiger partial charge in [-0.25, -0.2) is 23.1 Å². The van der Waals surface area contributed by atoms with E-state index in [4.69, 9.17) is 10.2 Å². The first-order chi connectivity index (χ1) is 15.1. The van der Waals surface area contributed by atoms with Gasteiger partial charge >= 0.3 is 6.18 Å². The Morgan fingerprint density at radius 2 is 1.56 bits per heavy atom. The molecule has 3 aromatic rings. The second-order valence-electron chi connectivity index (χ2n) is 6.67. The van der Waals surface area contributed by atoms with Crippen molar-refractivity contribution >= 4 is 21.7 Å². The van der Waals surface area contributed by atoms with Crippen LogP contribution in [0.4, 0.5) is 24.8 Å². The summed E-state index contributed by atoms with van der Waals surface area (Å²) in [6.07, 6.45) is -2.99. The van der Waals surface area contributed by atoms with Gasteiger partial charge in [0.1, 0.15) is 0 Å². The summed E-state index contributed by atoms with van der Waals surface area (Å²) in [6.45, 7) is -1.11. The van der Waals surface area contributed by atoms with E-state index in [1.54, 1.807) is 6.07 Å². The highest BCUT2D eigenvalue weighted by molar-refractivity contribution is 7.89. The number of alkyl halides is 3. The Hall–Kier alpha value is -3.06. The van der Waals surface area contributed by atoms with E-state index in [1.807, 2.05) is 0 Å². The number of aromatic nitrogens is 2. The molecule has 4 N–H and O–H groups in total. The van der Waals surface area contributed by atoms with Crippen LogP contribution >= 0.6 is 0 Å². The minimum Gasteiger partial charge on any atom is -0.395 e. The van der Waals surface area contributed by atoms with Gasteiger partial charge in [-0.05, 0) is 42.5 Å². The maximum atomic E-state index is 12.7. The number of nitrogens with zero attached hydrogens (tertiary/aromatic N) is 2. The molecule has 2 aromatic carbocycles. The van der Waals surface area contributed by atoms with Gasteiger partial charge in [-0.1, -0.05) is 12.1 Å². The fourth-order valence-electron chi connectivity index (χ4n) is 2.68. The van der Waals surface area contributed by atoms with Gasteiger partial charge in [0.2, 0.25) is 16.0 Å². The zero-order valence-electron chi connectivity index (χ0n) is 16.4. The van der Waals surface area contributed by atoms with E-state index < -0.39 is 41.0 Å². The Kier molecular flexibility index (Phi) is 7.09. The van der Waals surface area contributed by atoms with E-state index in [9.17, 15) is 21.6 Å². The molecular weight excluding hydrogens is 449 g/mol. The first-order valence-electron chi connectivity index (χ1n) is 9.24. The summed E-state index contributed by atoms with van der Waals surface area (Å²) in [4.78, 5) is 8.26. The number of aliphatic hydroxyl groups excluding tert-OH is 2. The van der Waals surface area contributed by atoms with Crippen molar-refractivity contribution in [1.29, 1.82) is 0 Å². The third kappa shape index (κ3) is 5.79. The van der Waals surface area contributed by atoms with Crippen molar-refractivity contribution in [3.63, 3.8) is 0 Å². The summed E-state index contributed by atoms with van der Waals surface area (Å²) in [5.74, 6) is 0.164. The lowest BCUT2D eigenvalue weighted by Crippen LogP contribution is -2.39. The van der Waals surface area contributed by atoms with Gasteiger partial charge in [-0.3, -0.25) is 0 Å². The molecule has 0 aliphatic heterocycles. The van der Waals surface area contributed by atoms with Crippen LogP contribution in [0.25, 0.3) is 11.3 Å². The zero-order valence-corrected chi connectivity index (χ0v) is 17.2. The molecule has 0 unspecified atom stereocenters. The monoisotopic (exact) mass is 468 g/mol. The second kappa shape index (κ2) is 9.61. The van der Waals surface area contributed by atoms with Gasteiger partial charge in [0.25, 0.3) is 0 Å². The lowest BCUT2D eigenvalue weighted by Gasteiger charge is -2.14. The Bertz CT molecular complexity index is 1150. The topological polar surface area (TPSA) is 124 Å². The van der Waals surface area contributed by atoms with Crippen molar-refractivity contribution in [2.24, 2.45) is 0 Å². The molecule has 3 rings (SSSR count). The van der Waals surface area contributed by atoms with E-state index in [0.717, 1.165) is 12.1 Å². The Balaban J connectivity index is 1.74. The van der Waals surface area contributed by atoms with Crippen LogP contribution in [0.1, 0.15) is 5.56 Å². The molecule has 1 aromatic heterocycles. The number of hydrogen-bond donors (Lipinski definition) is 4. The SMILES string of the molecule is O=S(=O)(NC(CO)CO)c1ccc(Nc2nccc(-c3ccc(C(F)(F)F)cc3)n2)cc1. The summed E-state index contributed by atoms with van der Waals surface area (Å²) in [5, 5.41) is 21.0. The van der Waals surface area contributed by atoms with Gasteiger partial charge in [0, 0.05) is 17.4 Å². The fraction of sp³-hybridized carbons (Fsp3) is 0.200. The quantitative estimate of drug-likeness (QED) is 0.401. The van der Waals surface area contributed by atoms with Crippen LogP contribution in [0.3, 0.4) is 0 Å². The van der Waals surface area contributed by atoms with E-state index in [2.05, 4.69) is 20.0 Å². The molecule has 0 fully saturated rings. The van der Waals surface area contributed by atoms with Crippen LogP contribution in [0.15, 0.2) is 65.7 Å². The van der Waals surface area contributed by atoms with Gasteiger partial charge in [-0.2, -0.15) is 13.2 Å². The molecule has 8 nitrogen and oxygen atoms in total. The summed E-state index contributed by atoms with van der Waals surface area (Å²) in [5.41, 5.74) is 0.578. The first-order valence-corrected chi connectivity index (χ1v) is 10.7. The first kappa shape index (κ1) is 23.6. The molecule has 0 spiro atoms. The molecule has 0 aliphatic rings. The fourth-order valence-corrected chi connectivity index (χ4v) is 3.89. The van der Waals surface area contributed by atoms with E-state index in [1.165, 1.54) is 42.6 Å². The third-order valence-electron chi connectivity index (χ3n) is 4.35. The molecule has 12 heteroatoms. The normalized spacial score (nSPS) is 12.2. The maximum Gasteiger partial charge on any atom is 0.416 e. The summed E-state index contributed by atoms with van der Waals surface area (Å²) >= 11 is 0.